The molecule has 0 radical (unpaired) electrons. The highest BCUT2D eigenvalue weighted by molar-refractivity contribution is 7.92. The highest BCUT2D eigenvalue weighted by Crippen LogP contribution is 2.38. The summed E-state index contributed by atoms with van der Waals surface area (Å²) in [7, 11) is -3.90. The smallest absolute Gasteiger partial charge is 0.305 e. The van der Waals surface area contributed by atoms with Crippen molar-refractivity contribution in [1.82, 2.24) is 0 Å². The summed E-state index contributed by atoms with van der Waals surface area (Å²) in [6.07, 6.45) is -0.334. The zero-order chi connectivity index (χ0) is 17.3. The number of benzene rings is 2. The van der Waals surface area contributed by atoms with E-state index in [0.717, 1.165) is 5.56 Å². The molecule has 0 fully saturated rings. The minimum atomic E-state index is -3.90. The van der Waals surface area contributed by atoms with E-state index in [1.165, 1.54) is 16.4 Å². The van der Waals surface area contributed by atoms with E-state index in [1.807, 2.05) is 6.92 Å². The van der Waals surface area contributed by atoms with E-state index in [9.17, 15) is 13.2 Å². The van der Waals surface area contributed by atoms with Crippen LogP contribution in [-0.2, 0) is 14.8 Å². The van der Waals surface area contributed by atoms with Crippen LogP contribution in [0.2, 0.25) is 0 Å². The molecule has 1 aliphatic heterocycles. The van der Waals surface area contributed by atoms with Gasteiger partial charge in [0.05, 0.1) is 23.0 Å². The van der Waals surface area contributed by atoms with Crippen molar-refractivity contribution >= 4 is 21.7 Å². The van der Waals surface area contributed by atoms with E-state index in [1.54, 1.807) is 36.4 Å². The van der Waals surface area contributed by atoms with Crippen molar-refractivity contribution in [2.45, 2.75) is 24.3 Å². The van der Waals surface area contributed by atoms with Gasteiger partial charge < -0.3 is 9.84 Å². The maximum atomic E-state index is 13.1. The molecule has 2 aromatic carbocycles. The van der Waals surface area contributed by atoms with Crippen molar-refractivity contribution in [3.8, 4) is 5.75 Å². The van der Waals surface area contributed by atoms with Gasteiger partial charge >= 0.3 is 5.97 Å². The number of carbonyl (C=O) groups is 1. The summed E-state index contributed by atoms with van der Waals surface area (Å²) in [6, 6.07) is 12.4. The molecule has 0 spiro atoms. The lowest BCUT2D eigenvalue weighted by Gasteiger charge is -2.36. The van der Waals surface area contributed by atoms with Crippen molar-refractivity contribution < 1.29 is 23.1 Å². The Morgan fingerprint density at radius 3 is 2.54 bits per heavy atom. The summed E-state index contributed by atoms with van der Waals surface area (Å²) in [5, 5.41) is 9.13. The lowest BCUT2D eigenvalue weighted by Crippen LogP contribution is -2.47. The fraction of sp³-hybridized carbons (Fsp3) is 0.235. The predicted molar refractivity (Wildman–Crippen MR) is 88.8 cm³/mol. The van der Waals surface area contributed by atoms with Gasteiger partial charge in [0.2, 0.25) is 0 Å². The summed E-state index contributed by atoms with van der Waals surface area (Å²) in [5.41, 5.74) is 1.30. The second-order valence-electron chi connectivity index (χ2n) is 5.64. The first-order valence-corrected chi connectivity index (χ1v) is 8.88. The van der Waals surface area contributed by atoms with Gasteiger partial charge in [-0.1, -0.05) is 29.8 Å². The van der Waals surface area contributed by atoms with E-state index in [-0.39, 0.29) is 17.9 Å². The van der Waals surface area contributed by atoms with E-state index in [2.05, 4.69) is 0 Å². The van der Waals surface area contributed by atoms with Crippen LogP contribution in [0.5, 0.6) is 5.75 Å². The third-order valence-electron chi connectivity index (χ3n) is 3.85. The molecule has 0 saturated carbocycles. The van der Waals surface area contributed by atoms with E-state index in [4.69, 9.17) is 9.84 Å². The van der Waals surface area contributed by atoms with Crippen molar-refractivity contribution in [3.63, 3.8) is 0 Å². The molecular weight excluding hydrogens is 330 g/mol. The third-order valence-corrected chi connectivity index (χ3v) is 5.73. The molecule has 0 amide bonds. The Labute approximate surface area is 140 Å². The molecular formula is C17H17NO5S. The standard InChI is InChI=1S/C17H17NO5S/c1-12-6-8-14(9-7-12)24(21,22)18-13(10-17(19)20)11-23-16-5-3-2-4-15(16)18/h2-9,13H,10-11H2,1H3,(H,19,20). The zero-order valence-corrected chi connectivity index (χ0v) is 13.9. The van der Waals surface area contributed by atoms with Gasteiger partial charge in [-0.3, -0.25) is 9.10 Å². The quantitative estimate of drug-likeness (QED) is 0.918. The average Bonchev–Trinajstić information content (AvgIpc) is 2.54. The Hall–Kier alpha value is -2.54. The van der Waals surface area contributed by atoms with Crippen LogP contribution < -0.4 is 9.04 Å². The molecule has 1 aliphatic rings. The number of anilines is 1. The van der Waals surface area contributed by atoms with Crippen molar-refractivity contribution in [1.29, 1.82) is 0 Å². The fourth-order valence-corrected chi connectivity index (χ4v) is 4.35. The molecule has 24 heavy (non-hydrogen) atoms. The fourth-order valence-electron chi connectivity index (χ4n) is 2.70. The number of rotatable bonds is 4. The molecule has 2 aromatic rings. The number of aryl methyl sites for hydroxylation is 1. The summed E-state index contributed by atoms with van der Waals surface area (Å²) in [5.74, 6) is -0.651. The Kier molecular flexibility index (Phi) is 4.19. The lowest BCUT2D eigenvalue weighted by molar-refractivity contribution is -0.137. The highest BCUT2D eigenvalue weighted by atomic mass is 32.2. The van der Waals surface area contributed by atoms with Crippen molar-refractivity contribution in [2.75, 3.05) is 10.9 Å². The van der Waals surface area contributed by atoms with Crippen LogP contribution in [0.4, 0.5) is 5.69 Å². The third kappa shape index (κ3) is 2.94. The number of nitrogens with zero attached hydrogens (tertiary/aromatic N) is 1. The molecule has 6 nitrogen and oxygen atoms in total. The lowest BCUT2D eigenvalue weighted by atomic mass is 10.1. The number of hydrogen-bond acceptors (Lipinski definition) is 4. The molecule has 0 aliphatic carbocycles. The van der Waals surface area contributed by atoms with Crippen LogP contribution in [0.1, 0.15) is 12.0 Å². The second-order valence-corrected chi connectivity index (χ2v) is 7.46. The van der Waals surface area contributed by atoms with E-state index in [0.29, 0.717) is 11.4 Å². The Morgan fingerprint density at radius 1 is 1.21 bits per heavy atom. The number of sulfonamides is 1. The SMILES string of the molecule is Cc1ccc(S(=O)(=O)N2c3ccccc3OCC2CC(=O)O)cc1. The number of hydrogen-bond donors (Lipinski definition) is 1. The molecule has 1 N–H and O–H groups in total. The van der Waals surface area contributed by atoms with Gasteiger partial charge in [0.1, 0.15) is 12.4 Å². The van der Waals surface area contributed by atoms with Crippen LogP contribution in [0.3, 0.4) is 0 Å². The Balaban J connectivity index is 2.12. The molecule has 3 rings (SSSR count). The summed E-state index contributed by atoms with van der Waals surface area (Å²) in [6.45, 7) is 1.86. The van der Waals surface area contributed by atoms with Crippen LogP contribution in [0, 0.1) is 6.92 Å². The van der Waals surface area contributed by atoms with Gasteiger partial charge in [0.15, 0.2) is 0 Å². The maximum Gasteiger partial charge on any atom is 0.305 e. The van der Waals surface area contributed by atoms with Gasteiger partial charge in [-0.2, -0.15) is 0 Å². The minimum absolute atomic E-state index is 0.00555. The second kappa shape index (κ2) is 6.16. The number of aliphatic carboxylic acids is 1. The molecule has 1 heterocycles. The first-order chi connectivity index (χ1) is 11.4. The molecule has 0 saturated heterocycles. The normalized spacial score (nSPS) is 17.0. The van der Waals surface area contributed by atoms with Gasteiger partial charge in [0.25, 0.3) is 10.0 Å². The monoisotopic (exact) mass is 347 g/mol. The van der Waals surface area contributed by atoms with Gasteiger partial charge in [-0.25, -0.2) is 8.42 Å². The molecule has 1 atom stereocenters. The van der Waals surface area contributed by atoms with Crippen molar-refractivity contribution in [2.24, 2.45) is 0 Å². The maximum absolute atomic E-state index is 13.1. The summed E-state index contributed by atoms with van der Waals surface area (Å²) >= 11 is 0. The molecule has 126 valence electrons. The molecule has 1 unspecified atom stereocenters. The average molecular weight is 347 g/mol. The van der Waals surface area contributed by atoms with Crippen LogP contribution in [0.25, 0.3) is 0 Å². The first-order valence-electron chi connectivity index (χ1n) is 7.44. The predicted octanol–water partition coefficient (Wildman–Crippen LogP) is 2.43. The Bertz CT molecular complexity index is 861. The van der Waals surface area contributed by atoms with Crippen LogP contribution in [-0.4, -0.2) is 32.1 Å². The Morgan fingerprint density at radius 2 is 1.88 bits per heavy atom. The number of fused-ring (bicyclic) bond motifs is 1. The minimum Gasteiger partial charge on any atom is -0.489 e. The van der Waals surface area contributed by atoms with Gasteiger partial charge in [-0.15, -0.1) is 0 Å². The van der Waals surface area contributed by atoms with Crippen LogP contribution >= 0.6 is 0 Å². The van der Waals surface area contributed by atoms with Crippen LogP contribution in [0.15, 0.2) is 53.4 Å². The first kappa shape index (κ1) is 16.3. The molecule has 0 bridgehead atoms. The summed E-state index contributed by atoms with van der Waals surface area (Å²) < 4.78 is 33.0. The topological polar surface area (TPSA) is 83.9 Å². The number of ether oxygens (including phenoxy) is 1. The largest absolute Gasteiger partial charge is 0.489 e. The van der Waals surface area contributed by atoms with Gasteiger partial charge in [0, 0.05) is 0 Å². The molecule has 0 aromatic heterocycles. The zero-order valence-electron chi connectivity index (χ0n) is 13.0. The number of para-hydroxylation sites is 2. The van der Waals surface area contributed by atoms with Gasteiger partial charge in [-0.05, 0) is 31.2 Å². The van der Waals surface area contributed by atoms with E-state index < -0.39 is 22.0 Å². The molecule has 7 heteroatoms. The number of carboxylic acids is 1. The number of carboxylic acid groups (broad SMARTS) is 1. The summed E-state index contributed by atoms with van der Waals surface area (Å²) in [4.78, 5) is 11.3. The highest BCUT2D eigenvalue weighted by Gasteiger charge is 2.38. The van der Waals surface area contributed by atoms with Crippen molar-refractivity contribution in [3.05, 3.63) is 54.1 Å². The van der Waals surface area contributed by atoms with E-state index >= 15 is 0 Å².